The number of hydrogen-bond donors (Lipinski definition) is 2. The van der Waals surface area contributed by atoms with Crippen molar-refractivity contribution >= 4 is 28.9 Å². The molecule has 0 atom stereocenters. The molecule has 0 radical (unpaired) electrons. The van der Waals surface area contributed by atoms with E-state index in [1.165, 1.54) is 18.2 Å². The van der Waals surface area contributed by atoms with Gasteiger partial charge in [-0.1, -0.05) is 6.07 Å². The van der Waals surface area contributed by atoms with Gasteiger partial charge in [0.2, 0.25) is 11.8 Å². The lowest BCUT2D eigenvalue weighted by Gasteiger charge is -2.21. The average Bonchev–Trinajstić information content (AvgIpc) is 2.57. The van der Waals surface area contributed by atoms with E-state index in [-0.39, 0.29) is 6.42 Å². The molecule has 0 saturated carbocycles. The van der Waals surface area contributed by atoms with Crippen molar-refractivity contribution in [3.63, 3.8) is 0 Å². The van der Waals surface area contributed by atoms with Crippen molar-refractivity contribution in [1.29, 1.82) is 0 Å². The summed E-state index contributed by atoms with van der Waals surface area (Å²) < 4.78 is 13.1. The number of benzene rings is 2. The molecule has 25 heavy (non-hydrogen) atoms. The Morgan fingerprint density at radius 3 is 2.08 bits per heavy atom. The second kappa shape index (κ2) is 8.82. The zero-order valence-corrected chi connectivity index (χ0v) is 14.4. The van der Waals surface area contributed by atoms with Crippen molar-refractivity contribution in [2.75, 3.05) is 28.6 Å². The van der Waals surface area contributed by atoms with Crippen LogP contribution < -0.4 is 15.5 Å². The molecule has 0 aromatic heterocycles. The molecule has 2 aromatic carbocycles. The Morgan fingerprint density at radius 2 is 1.52 bits per heavy atom. The van der Waals surface area contributed by atoms with Crippen LogP contribution in [0.2, 0.25) is 0 Å². The van der Waals surface area contributed by atoms with Gasteiger partial charge in [0.05, 0.1) is 0 Å². The van der Waals surface area contributed by atoms with Crippen molar-refractivity contribution in [1.82, 2.24) is 0 Å². The molecule has 2 rings (SSSR count). The Morgan fingerprint density at radius 1 is 0.920 bits per heavy atom. The van der Waals surface area contributed by atoms with Gasteiger partial charge < -0.3 is 15.5 Å². The van der Waals surface area contributed by atoms with Gasteiger partial charge in [-0.15, -0.1) is 0 Å². The summed E-state index contributed by atoms with van der Waals surface area (Å²) in [6.45, 7) is 5.97. The van der Waals surface area contributed by atoms with Crippen LogP contribution in [0.25, 0.3) is 0 Å². The average molecular weight is 343 g/mol. The third-order valence-electron chi connectivity index (χ3n) is 3.71. The number of nitrogens with one attached hydrogen (secondary N) is 2. The fraction of sp³-hybridized carbons (Fsp3) is 0.263. The molecular formula is C19H22FN3O2. The largest absolute Gasteiger partial charge is 0.372 e. The summed E-state index contributed by atoms with van der Waals surface area (Å²) in [7, 11) is 0. The third-order valence-corrected chi connectivity index (χ3v) is 3.71. The lowest BCUT2D eigenvalue weighted by atomic mass is 10.2. The highest BCUT2D eigenvalue weighted by Crippen LogP contribution is 2.18. The molecule has 0 fully saturated rings. The summed E-state index contributed by atoms with van der Waals surface area (Å²) in [5.74, 6) is -1.37. The molecule has 0 aliphatic rings. The van der Waals surface area contributed by atoms with Crippen LogP contribution in [0.4, 0.5) is 21.5 Å². The number of rotatable bonds is 7. The van der Waals surface area contributed by atoms with Gasteiger partial charge in [0.1, 0.15) is 12.2 Å². The Hall–Kier alpha value is -2.89. The van der Waals surface area contributed by atoms with Crippen molar-refractivity contribution in [2.24, 2.45) is 0 Å². The van der Waals surface area contributed by atoms with E-state index in [2.05, 4.69) is 29.4 Å². The van der Waals surface area contributed by atoms with Crippen LogP contribution in [-0.2, 0) is 9.59 Å². The Balaban J connectivity index is 1.88. The summed E-state index contributed by atoms with van der Waals surface area (Å²) in [5.41, 5.74) is 2.02. The van der Waals surface area contributed by atoms with Crippen molar-refractivity contribution in [3.05, 3.63) is 54.3 Å². The SMILES string of the molecule is CCN(CC)c1ccc(NC(=O)CC(=O)Nc2cccc(F)c2)cc1. The molecule has 132 valence electrons. The molecule has 5 nitrogen and oxygen atoms in total. The molecule has 2 aromatic rings. The van der Waals surface area contributed by atoms with E-state index in [0.29, 0.717) is 11.4 Å². The Labute approximate surface area is 146 Å². The first-order valence-electron chi connectivity index (χ1n) is 8.22. The first-order valence-corrected chi connectivity index (χ1v) is 8.22. The minimum atomic E-state index is -0.497. The normalized spacial score (nSPS) is 10.2. The Kier molecular flexibility index (Phi) is 6.51. The predicted molar refractivity (Wildman–Crippen MR) is 98.3 cm³/mol. The van der Waals surface area contributed by atoms with Crippen LogP contribution in [-0.4, -0.2) is 24.9 Å². The molecule has 0 spiro atoms. The third kappa shape index (κ3) is 5.60. The number of carbonyl (C=O) groups is 2. The lowest BCUT2D eigenvalue weighted by molar-refractivity contribution is -0.123. The van der Waals surface area contributed by atoms with Crippen LogP contribution in [0.15, 0.2) is 48.5 Å². The van der Waals surface area contributed by atoms with Crippen molar-refractivity contribution in [2.45, 2.75) is 20.3 Å². The maximum absolute atomic E-state index is 13.1. The fourth-order valence-electron chi connectivity index (χ4n) is 2.47. The highest BCUT2D eigenvalue weighted by Gasteiger charge is 2.11. The van der Waals surface area contributed by atoms with E-state index >= 15 is 0 Å². The quantitative estimate of drug-likeness (QED) is 0.755. The molecular weight excluding hydrogens is 321 g/mol. The molecule has 2 N–H and O–H groups in total. The monoisotopic (exact) mass is 343 g/mol. The van der Waals surface area contributed by atoms with Crippen molar-refractivity contribution in [3.8, 4) is 0 Å². The minimum Gasteiger partial charge on any atom is -0.372 e. The first kappa shape index (κ1) is 18.4. The van der Waals surface area contributed by atoms with Crippen LogP contribution >= 0.6 is 0 Å². The smallest absolute Gasteiger partial charge is 0.233 e. The van der Waals surface area contributed by atoms with Crippen LogP contribution in [0, 0.1) is 5.82 Å². The summed E-state index contributed by atoms with van der Waals surface area (Å²) in [6.07, 6.45) is -0.339. The van der Waals surface area contributed by atoms with Gasteiger partial charge in [0.25, 0.3) is 0 Å². The molecule has 0 heterocycles. The van der Waals surface area contributed by atoms with E-state index < -0.39 is 17.6 Å². The second-order valence-corrected chi connectivity index (χ2v) is 5.50. The van der Waals surface area contributed by atoms with Gasteiger partial charge in [-0.25, -0.2) is 4.39 Å². The molecule has 2 amide bonds. The number of nitrogens with zero attached hydrogens (tertiary/aromatic N) is 1. The van der Waals surface area contributed by atoms with Gasteiger partial charge in [-0.2, -0.15) is 0 Å². The first-order chi connectivity index (χ1) is 12.0. The number of anilines is 3. The summed E-state index contributed by atoms with van der Waals surface area (Å²) in [6, 6.07) is 13.0. The number of halogens is 1. The summed E-state index contributed by atoms with van der Waals surface area (Å²) >= 11 is 0. The molecule has 0 aliphatic carbocycles. The molecule has 0 unspecified atom stereocenters. The highest BCUT2D eigenvalue weighted by molar-refractivity contribution is 6.08. The predicted octanol–water partition coefficient (Wildman–Crippen LogP) is 3.64. The second-order valence-electron chi connectivity index (χ2n) is 5.50. The van der Waals surface area contributed by atoms with E-state index in [1.807, 2.05) is 12.1 Å². The number of hydrogen-bond acceptors (Lipinski definition) is 3. The van der Waals surface area contributed by atoms with Gasteiger partial charge >= 0.3 is 0 Å². The standard InChI is InChI=1S/C19H22FN3O2/c1-3-23(4-2)17-10-8-15(9-11-17)21-18(24)13-19(25)22-16-7-5-6-14(20)12-16/h5-12H,3-4,13H2,1-2H3,(H,21,24)(H,22,25). The van der Waals surface area contributed by atoms with Gasteiger partial charge in [0.15, 0.2) is 0 Å². The number of amides is 2. The van der Waals surface area contributed by atoms with Crippen LogP contribution in [0.1, 0.15) is 20.3 Å². The topological polar surface area (TPSA) is 61.4 Å². The van der Waals surface area contributed by atoms with Crippen molar-refractivity contribution < 1.29 is 14.0 Å². The maximum Gasteiger partial charge on any atom is 0.233 e. The summed E-state index contributed by atoms with van der Waals surface area (Å²) in [4.78, 5) is 26.0. The van der Waals surface area contributed by atoms with Gasteiger partial charge in [-0.3, -0.25) is 9.59 Å². The molecule has 6 heteroatoms. The molecule has 0 aliphatic heterocycles. The fourth-order valence-corrected chi connectivity index (χ4v) is 2.47. The van der Waals surface area contributed by atoms with Crippen LogP contribution in [0.5, 0.6) is 0 Å². The molecule has 0 bridgehead atoms. The van der Waals surface area contributed by atoms with E-state index in [4.69, 9.17) is 0 Å². The van der Waals surface area contributed by atoms with E-state index in [1.54, 1.807) is 18.2 Å². The zero-order valence-electron chi connectivity index (χ0n) is 14.4. The highest BCUT2D eigenvalue weighted by atomic mass is 19.1. The van der Waals surface area contributed by atoms with Gasteiger partial charge in [-0.05, 0) is 56.3 Å². The van der Waals surface area contributed by atoms with E-state index in [0.717, 1.165) is 18.8 Å². The molecule has 0 saturated heterocycles. The number of carbonyl (C=O) groups excluding carboxylic acids is 2. The Bertz CT molecular complexity index is 728. The summed E-state index contributed by atoms with van der Waals surface area (Å²) in [5, 5.41) is 5.17. The zero-order chi connectivity index (χ0) is 18.2. The van der Waals surface area contributed by atoms with E-state index in [9.17, 15) is 14.0 Å². The van der Waals surface area contributed by atoms with Crippen LogP contribution in [0.3, 0.4) is 0 Å². The van der Waals surface area contributed by atoms with Gasteiger partial charge in [0, 0.05) is 30.2 Å². The minimum absolute atomic E-state index is 0.321. The lowest BCUT2D eigenvalue weighted by Crippen LogP contribution is -2.22. The maximum atomic E-state index is 13.1.